The first-order chi connectivity index (χ1) is 17.1. The fourth-order valence-electron chi connectivity index (χ4n) is 4.31. The molecule has 1 aliphatic rings. The quantitative estimate of drug-likeness (QED) is 0.376. The smallest absolute Gasteiger partial charge is 0.344 e. The third-order valence-corrected chi connectivity index (χ3v) is 6.10. The lowest BCUT2D eigenvalue weighted by Gasteiger charge is -2.33. The predicted octanol–water partition coefficient (Wildman–Crippen LogP) is 6.11. The molecule has 2 aromatic carbocycles. The summed E-state index contributed by atoms with van der Waals surface area (Å²) in [5.74, 6) is -0.279. The van der Waals surface area contributed by atoms with Crippen LogP contribution in [0.5, 0.6) is 0 Å². The lowest BCUT2D eigenvalue weighted by molar-refractivity contribution is -0.137. The Bertz CT molecular complexity index is 1460. The van der Waals surface area contributed by atoms with E-state index in [0.29, 0.717) is 33.9 Å². The van der Waals surface area contributed by atoms with E-state index >= 15 is 0 Å². The molecule has 1 amide bonds. The highest BCUT2D eigenvalue weighted by Crippen LogP contribution is 2.47. The van der Waals surface area contributed by atoms with Crippen molar-refractivity contribution in [1.29, 1.82) is 0 Å². The van der Waals surface area contributed by atoms with E-state index in [4.69, 9.17) is 0 Å². The largest absolute Gasteiger partial charge is 0.416 e. The number of amides is 1. The molecule has 0 bridgehead atoms. The maximum Gasteiger partial charge on any atom is 0.416 e. The number of nitrogens with one attached hydrogen (secondary N) is 1. The molecule has 3 heterocycles. The van der Waals surface area contributed by atoms with Gasteiger partial charge in [0.25, 0.3) is 5.91 Å². The standard InChI is InChI=1S/C27H22F3N5O/c1-16(23-6-4-5-13-31-23)32-26(36)18-7-12-24-21(14-18)25-22(15-34(3)33-25)17(2)35(24)20-10-8-19(9-11-20)27(28,29)30/h4-16H,2H2,1,3H3,(H,32,36)/t16-/m0/s1. The minimum Gasteiger partial charge on any atom is -0.344 e. The summed E-state index contributed by atoms with van der Waals surface area (Å²) in [7, 11) is 1.78. The van der Waals surface area contributed by atoms with Crippen LogP contribution in [0, 0.1) is 0 Å². The molecule has 182 valence electrons. The molecular formula is C27H22F3N5O. The van der Waals surface area contributed by atoms with Crippen LogP contribution in [0.15, 0.2) is 79.6 Å². The van der Waals surface area contributed by atoms with E-state index in [2.05, 4.69) is 22.0 Å². The van der Waals surface area contributed by atoms with E-state index in [1.807, 2.05) is 25.1 Å². The second kappa shape index (κ2) is 8.67. The number of alkyl halides is 3. The lowest BCUT2D eigenvalue weighted by Crippen LogP contribution is -2.27. The van der Waals surface area contributed by atoms with Gasteiger partial charge >= 0.3 is 6.18 Å². The van der Waals surface area contributed by atoms with Gasteiger partial charge in [0.2, 0.25) is 0 Å². The summed E-state index contributed by atoms with van der Waals surface area (Å²) in [5.41, 5.74) is 4.24. The first-order valence-corrected chi connectivity index (χ1v) is 11.2. The Morgan fingerprint density at radius 2 is 1.81 bits per heavy atom. The van der Waals surface area contributed by atoms with E-state index in [0.717, 1.165) is 23.4 Å². The van der Waals surface area contributed by atoms with Gasteiger partial charge in [-0.1, -0.05) is 12.6 Å². The number of aryl methyl sites for hydroxylation is 1. The van der Waals surface area contributed by atoms with Gasteiger partial charge in [-0.05, 0) is 61.5 Å². The molecule has 0 fully saturated rings. The van der Waals surface area contributed by atoms with Crippen molar-refractivity contribution in [1.82, 2.24) is 20.1 Å². The van der Waals surface area contributed by atoms with Gasteiger partial charge in [-0.2, -0.15) is 18.3 Å². The molecule has 5 rings (SSSR count). The third kappa shape index (κ3) is 4.13. The molecule has 0 aliphatic carbocycles. The molecule has 1 atom stereocenters. The first kappa shape index (κ1) is 23.3. The van der Waals surface area contributed by atoms with Crippen molar-refractivity contribution in [2.24, 2.45) is 7.05 Å². The number of rotatable bonds is 4. The number of aromatic nitrogens is 3. The second-order valence-electron chi connectivity index (χ2n) is 8.57. The molecule has 0 unspecified atom stereocenters. The summed E-state index contributed by atoms with van der Waals surface area (Å²) in [4.78, 5) is 19.1. The Labute approximate surface area is 205 Å². The lowest BCUT2D eigenvalue weighted by atomic mass is 9.95. The van der Waals surface area contributed by atoms with Crippen LogP contribution in [0.2, 0.25) is 0 Å². The summed E-state index contributed by atoms with van der Waals surface area (Å²) >= 11 is 0. The topological polar surface area (TPSA) is 63.1 Å². The van der Waals surface area contributed by atoms with Crippen LogP contribution in [0.25, 0.3) is 17.0 Å². The van der Waals surface area contributed by atoms with Crippen molar-refractivity contribution in [3.05, 3.63) is 102 Å². The summed E-state index contributed by atoms with van der Waals surface area (Å²) in [6.07, 6.45) is -0.962. The number of hydrogen-bond donors (Lipinski definition) is 1. The van der Waals surface area contributed by atoms with Gasteiger partial charge in [0.15, 0.2) is 0 Å². The van der Waals surface area contributed by atoms with E-state index in [9.17, 15) is 18.0 Å². The summed E-state index contributed by atoms with van der Waals surface area (Å²) in [6, 6.07) is 15.3. The van der Waals surface area contributed by atoms with Crippen molar-refractivity contribution in [2.45, 2.75) is 19.1 Å². The SMILES string of the molecule is C=C1c2cn(C)nc2-c2cc(C(=O)N[C@@H](C)c3ccccn3)ccc2N1c1ccc(C(F)(F)F)cc1. The molecule has 6 nitrogen and oxygen atoms in total. The molecule has 4 aromatic rings. The van der Waals surface area contributed by atoms with Crippen LogP contribution in [-0.4, -0.2) is 20.7 Å². The minimum atomic E-state index is -4.43. The van der Waals surface area contributed by atoms with Gasteiger partial charge in [0, 0.05) is 41.8 Å². The van der Waals surface area contributed by atoms with Gasteiger partial charge in [-0.3, -0.25) is 14.5 Å². The van der Waals surface area contributed by atoms with E-state index < -0.39 is 11.7 Å². The maximum atomic E-state index is 13.1. The molecule has 0 saturated heterocycles. The number of carbonyl (C=O) groups excluding carboxylic acids is 1. The first-order valence-electron chi connectivity index (χ1n) is 11.2. The molecule has 1 N–H and O–H groups in total. The number of carbonyl (C=O) groups is 1. The van der Waals surface area contributed by atoms with E-state index in [1.54, 1.807) is 47.2 Å². The number of nitrogens with zero attached hydrogens (tertiary/aromatic N) is 4. The van der Waals surface area contributed by atoms with Crippen LogP contribution in [0.3, 0.4) is 0 Å². The third-order valence-electron chi connectivity index (χ3n) is 6.10. The van der Waals surface area contributed by atoms with Crippen LogP contribution in [-0.2, 0) is 13.2 Å². The highest BCUT2D eigenvalue weighted by atomic mass is 19.4. The van der Waals surface area contributed by atoms with Crippen LogP contribution in [0.1, 0.15) is 40.1 Å². The Hall–Kier alpha value is -4.40. The van der Waals surface area contributed by atoms with Crippen molar-refractivity contribution in [3.63, 3.8) is 0 Å². The fourth-order valence-corrected chi connectivity index (χ4v) is 4.31. The highest BCUT2D eigenvalue weighted by molar-refractivity contribution is 6.04. The molecule has 2 aromatic heterocycles. The molecule has 36 heavy (non-hydrogen) atoms. The van der Waals surface area contributed by atoms with E-state index in [1.165, 1.54) is 12.1 Å². The molecule has 0 radical (unpaired) electrons. The average molecular weight is 490 g/mol. The number of benzene rings is 2. The second-order valence-corrected chi connectivity index (χ2v) is 8.57. The Morgan fingerprint density at radius 3 is 2.47 bits per heavy atom. The zero-order valence-corrected chi connectivity index (χ0v) is 19.5. The molecule has 0 saturated carbocycles. The maximum absolute atomic E-state index is 13.1. The average Bonchev–Trinajstić information content (AvgIpc) is 3.26. The summed E-state index contributed by atoms with van der Waals surface area (Å²) in [5, 5.41) is 7.52. The Morgan fingerprint density at radius 1 is 1.06 bits per heavy atom. The minimum absolute atomic E-state index is 0.279. The fraction of sp³-hybridized carbons (Fsp3) is 0.148. The summed E-state index contributed by atoms with van der Waals surface area (Å²) in [6.45, 7) is 6.04. The van der Waals surface area contributed by atoms with Crippen LogP contribution in [0.4, 0.5) is 24.5 Å². The van der Waals surface area contributed by atoms with Crippen molar-refractivity contribution < 1.29 is 18.0 Å². The van der Waals surface area contributed by atoms with Gasteiger partial charge in [0.05, 0.1) is 28.7 Å². The highest BCUT2D eigenvalue weighted by Gasteiger charge is 2.33. The van der Waals surface area contributed by atoms with Crippen molar-refractivity contribution in [3.8, 4) is 11.3 Å². The number of pyridine rings is 1. The number of anilines is 2. The molecule has 1 aliphatic heterocycles. The number of hydrogen-bond acceptors (Lipinski definition) is 4. The van der Waals surface area contributed by atoms with E-state index in [-0.39, 0.29) is 11.9 Å². The zero-order valence-electron chi connectivity index (χ0n) is 19.5. The number of fused-ring (bicyclic) bond motifs is 3. The van der Waals surface area contributed by atoms with Crippen LogP contribution < -0.4 is 10.2 Å². The van der Waals surface area contributed by atoms with Crippen molar-refractivity contribution in [2.75, 3.05) is 4.90 Å². The monoisotopic (exact) mass is 489 g/mol. The molecular weight excluding hydrogens is 467 g/mol. The predicted molar refractivity (Wildman–Crippen MR) is 131 cm³/mol. The normalized spacial score (nSPS) is 13.7. The molecule has 9 heteroatoms. The molecule has 0 spiro atoms. The van der Waals surface area contributed by atoms with Gasteiger partial charge in [-0.25, -0.2) is 0 Å². The van der Waals surface area contributed by atoms with Crippen LogP contribution >= 0.6 is 0 Å². The Balaban J connectivity index is 1.54. The number of halogens is 3. The van der Waals surface area contributed by atoms with Gasteiger partial charge in [-0.15, -0.1) is 0 Å². The Kier molecular flexibility index (Phi) is 5.62. The zero-order chi connectivity index (χ0) is 25.6. The van der Waals surface area contributed by atoms with Crippen molar-refractivity contribution >= 4 is 23.0 Å². The van der Waals surface area contributed by atoms with Gasteiger partial charge in [0.1, 0.15) is 5.69 Å². The summed E-state index contributed by atoms with van der Waals surface area (Å²) < 4.78 is 41.0. The van der Waals surface area contributed by atoms with Gasteiger partial charge < -0.3 is 10.2 Å².